The number of rotatable bonds is 4. The van der Waals surface area contributed by atoms with Crippen LogP contribution in [0.25, 0.3) is 0 Å². The molecule has 0 bridgehead atoms. The number of nitro groups is 1. The second kappa shape index (κ2) is 4.91. The molecule has 1 atom stereocenters. The SMILES string of the molecule is O=C(O)C[C@@H](O)c1c(Cl)cccc1[N+](=O)[O-]. The van der Waals surface area contributed by atoms with E-state index in [4.69, 9.17) is 16.7 Å². The first-order chi connectivity index (χ1) is 7.43. The van der Waals surface area contributed by atoms with Crippen LogP contribution in [-0.2, 0) is 4.79 Å². The zero-order chi connectivity index (χ0) is 12.3. The number of nitro benzene ring substituents is 1. The highest BCUT2D eigenvalue weighted by Gasteiger charge is 2.24. The minimum Gasteiger partial charge on any atom is -0.481 e. The molecule has 1 aromatic rings. The molecule has 1 rings (SSSR count). The number of hydrogen-bond acceptors (Lipinski definition) is 4. The Labute approximate surface area is 95.2 Å². The van der Waals surface area contributed by atoms with Crippen molar-refractivity contribution in [3.05, 3.63) is 38.9 Å². The van der Waals surface area contributed by atoms with Gasteiger partial charge in [-0.3, -0.25) is 14.9 Å². The zero-order valence-corrected chi connectivity index (χ0v) is 8.72. The fourth-order valence-corrected chi connectivity index (χ4v) is 1.58. The molecule has 0 saturated heterocycles. The highest BCUT2D eigenvalue weighted by atomic mass is 35.5. The summed E-state index contributed by atoms with van der Waals surface area (Å²) in [6, 6.07) is 3.87. The number of carboxylic acid groups (broad SMARTS) is 1. The Kier molecular flexibility index (Phi) is 3.81. The Morgan fingerprint density at radius 2 is 2.19 bits per heavy atom. The van der Waals surface area contributed by atoms with Crippen molar-refractivity contribution in [1.29, 1.82) is 0 Å². The number of carboxylic acids is 1. The molecule has 0 radical (unpaired) electrons. The smallest absolute Gasteiger partial charge is 0.306 e. The lowest BCUT2D eigenvalue weighted by atomic mass is 10.0. The lowest BCUT2D eigenvalue weighted by Crippen LogP contribution is -2.08. The van der Waals surface area contributed by atoms with Crippen molar-refractivity contribution in [2.75, 3.05) is 0 Å². The number of hydrogen-bond donors (Lipinski definition) is 2. The van der Waals surface area contributed by atoms with Crippen LogP contribution in [0.1, 0.15) is 18.1 Å². The van der Waals surface area contributed by atoms with Gasteiger partial charge in [0.05, 0.1) is 28.0 Å². The number of nitrogens with zero attached hydrogens (tertiary/aromatic N) is 1. The number of benzene rings is 1. The molecule has 1 aromatic carbocycles. The van der Waals surface area contributed by atoms with E-state index in [-0.39, 0.29) is 16.3 Å². The molecule has 0 fully saturated rings. The Bertz CT molecular complexity index is 434. The van der Waals surface area contributed by atoms with E-state index < -0.39 is 23.4 Å². The van der Waals surface area contributed by atoms with Crippen LogP contribution < -0.4 is 0 Å². The Morgan fingerprint density at radius 1 is 1.56 bits per heavy atom. The lowest BCUT2D eigenvalue weighted by Gasteiger charge is -2.10. The minimum atomic E-state index is -1.49. The summed E-state index contributed by atoms with van der Waals surface area (Å²) in [4.78, 5) is 20.3. The first-order valence-corrected chi connectivity index (χ1v) is 4.64. The van der Waals surface area contributed by atoms with E-state index in [1.54, 1.807) is 0 Å². The van der Waals surface area contributed by atoms with Gasteiger partial charge in [0, 0.05) is 6.07 Å². The number of aliphatic carboxylic acids is 1. The Hall–Kier alpha value is -1.66. The highest BCUT2D eigenvalue weighted by molar-refractivity contribution is 6.31. The van der Waals surface area contributed by atoms with Crippen molar-refractivity contribution in [3.8, 4) is 0 Å². The molecule has 0 unspecified atom stereocenters. The molecule has 0 saturated carbocycles. The Morgan fingerprint density at radius 3 is 2.69 bits per heavy atom. The lowest BCUT2D eigenvalue weighted by molar-refractivity contribution is -0.386. The first kappa shape index (κ1) is 12.4. The molecular weight excluding hydrogens is 238 g/mol. The average Bonchev–Trinajstić information content (AvgIpc) is 2.15. The van der Waals surface area contributed by atoms with Gasteiger partial charge in [0.2, 0.25) is 0 Å². The van der Waals surface area contributed by atoms with Gasteiger partial charge < -0.3 is 10.2 Å². The average molecular weight is 246 g/mol. The van der Waals surface area contributed by atoms with Crippen molar-refractivity contribution >= 4 is 23.3 Å². The molecule has 0 aliphatic rings. The molecule has 0 amide bonds. The molecule has 16 heavy (non-hydrogen) atoms. The number of halogens is 1. The van der Waals surface area contributed by atoms with E-state index in [1.807, 2.05) is 0 Å². The molecule has 0 aliphatic carbocycles. The molecule has 7 heteroatoms. The summed E-state index contributed by atoms with van der Waals surface area (Å²) in [6.45, 7) is 0. The van der Waals surface area contributed by atoms with Crippen LogP contribution in [-0.4, -0.2) is 21.1 Å². The molecule has 0 aliphatic heterocycles. The predicted octanol–water partition coefficient (Wildman–Crippen LogP) is 1.76. The highest BCUT2D eigenvalue weighted by Crippen LogP contribution is 2.33. The van der Waals surface area contributed by atoms with E-state index >= 15 is 0 Å². The normalized spacial score (nSPS) is 12.1. The molecule has 86 valence electrons. The zero-order valence-electron chi connectivity index (χ0n) is 7.96. The second-order valence-corrected chi connectivity index (χ2v) is 3.45. The van der Waals surface area contributed by atoms with E-state index in [0.29, 0.717) is 0 Å². The van der Waals surface area contributed by atoms with Gasteiger partial charge in [0.15, 0.2) is 0 Å². The summed E-state index contributed by atoms with van der Waals surface area (Å²) in [5.41, 5.74) is -0.558. The maximum Gasteiger partial charge on any atom is 0.306 e. The van der Waals surface area contributed by atoms with Crippen LogP contribution in [0.15, 0.2) is 18.2 Å². The van der Waals surface area contributed by atoms with Crippen molar-refractivity contribution < 1.29 is 19.9 Å². The summed E-state index contributed by atoms with van der Waals surface area (Å²) < 4.78 is 0. The maximum atomic E-state index is 10.7. The molecule has 6 nitrogen and oxygen atoms in total. The molecule has 2 N–H and O–H groups in total. The summed E-state index contributed by atoms with van der Waals surface area (Å²) in [5.74, 6) is -1.26. The van der Waals surface area contributed by atoms with Gasteiger partial charge >= 0.3 is 5.97 Å². The number of carbonyl (C=O) groups is 1. The third-order valence-electron chi connectivity index (χ3n) is 1.93. The monoisotopic (exact) mass is 245 g/mol. The van der Waals surface area contributed by atoms with E-state index in [0.717, 1.165) is 6.07 Å². The van der Waals surface area contributed by atoms with Crippen molar-refractivity contribution in [3.63, 3.8) is 0 Å². The van der Waals surface area contributed by atoms with Crippen molar-refractivity contribution in [2.24, 2.45) is 0 Å². The van der Waals surface area contributed by atoms with Gasteiger partial charge in [-0.25, -0.2) is 0 Å². The topological polar surface area (TPSA) is 101 Å². The van der Waals surface area contributed by atoms with Gasteiger partial charge in [0.1, 0.15) is 0 Å². The molecule has 0 heterocycles. The second-order valence-electron chi connectivity index (χ2n) is 3.04. The molecule has 0 spiro atoms. The van der Waals surface area contributed by atoms with Gasteiger partial charge in [-0.2, -0.15) is 0 Å². The summed E-state index contributed by atoms with van der Waals surface area (Å²) >= 11 is 5.69. The van der Waals surface area contributed by atoms with Crippen LogP contribution in [0, 0.1) is 10.1 Å². The predicted molar refractivity (Wildman–Crippen MR) is 55.3 cm³/mol. The standard InChI is InChI=1S/C9H8ClNO5/c10-5-2-1-3-6(11(15)16)9(5)7(12)4-8(13)14/h1-3,7,12H,4H2,(H,13,14)/t7-/m1/s1. The van der Waals surface area contributed by atoms with Crippen LogP contribution in [0.3, 0.4) is 0 Å². The van der Waals surface area contributed by atoms with E-state index in [2.05, 4.69) is 0 Å². The third kappa shape index (κ3) is 2.68. The van der Waals surface area contributed by atoms with Crippen LogP contribution in [0.2, 0.25) is 5.02 Å². The number of aliphatic hydroxyl groups is 1. The summed E-state index contributed by atoms with van der Waals surface area (Å²) in [6.07, 6.45) is -2.13. The minimum absolute atomic E-state index is 0.0250. The van der Waals surface area contributed by atoms with Crippen molar-refractivity contribution in [2.45, 2.75) is 12.5 Å². The van der Waals surface area contributed by atoms with Crippen molar-refractivity contribution in [1.82, 2.24) is 0 Å². The van der Waals surface area contributed by atoms with Gasteiger partial charge in [0.25, 0.3) is 5.69 Å². The fraction of sp³-hybridized carbons (Fsp3) is 0.222. The summed E-state index contributed by atoms with van der Waals surface area (Å²) in [7, 11) is 0. The molecule has 0 aromatic heterocycles. The fourth-order valence-electron chi connectivity index (χ4n) is 1.28. The van der Waals surface area contributed by atoms with Gasteiger partial charge in [-0.15, -0.1) is 0 Å². The van der Waals surface area contributed by atoms with E-state index in [1.165, 1.54) is 12.1 Å². The largest absolute Gasteiger partial charge is 0.481 e. The Balaban J connectivity index is 3.19. The summed E-state index contributed by atoms with van der Waals surface area (Å²) in [5, 5.41) is 28.7. The van der Waals surface area contributed by atoms with Gasteiger partial charge in [-0.05, 0) is 6.07 Å². The van der Waals surface area contributed by atoms with Gasteiger partial charge in [-0.1, -0.05) is 17.7 Å². The first-order valence-electron chi connectivity index (χ1n) is 4.26. The van der Waals surface area contributed by atoms with Crippen LogP contribution in [0.5, 0.6) is 0 Å². The van der Waals surface area contributed by atoms with Crippen LogP contribution >= 0.6 is 11.6 Å². The van der Waals surface area contributed by atoms with E-state index in [9.17, 15) is 20.0 Å². The third-order valence-corrected chi connectivity index (χ3v) is 2.26. The maximum absolute atomic E-state index is 10.7. The molecular formula is C9H8ClNO5. The quantitative estimate of drug-likeness (QED) is 0.622. The van der Waals surface area contributed by atoms with Crippen LogP contribution in [0.4, 0.5) is 5.69 Å². The number of aliphatic hydroxyl groups excluding tert-OH is 1.